The molecule has 0 aromatic carbocycles. The highest BCUT2D eigenvalue weighted by molar-refractivity contribution is 7.91. The van der Waals surface area contributed by atoms with Crippen LogP contribution in [0.4, 0.5) is 4.79 Å². The fourth-order valence-corrected chi connectivity index (χ4v) is 5.68. The Balaban J connectivity index is 1.81. The topological polar surface area (TPSA) is 75.3 Å². The van der Waals surface area contributed by atoms with Crippen molar-refractivity contribution in [3.05, 3.63) is 21.4 Å². The summed E-state index contributed by atoms with van der Waals surface area (Å²) in [7, 11) is -2.88. The lowest BCUT2D eigenvalue weighted by atomic mass is 10.1. The first-order chi connectivity index (χ1) is 10.3. The number of amides is 2. The summed E-state index contributed by atoms with van der Waals surface area (Å²) < 4.78 is 22.8. The van der Waals surface area contributed by atoms with Gasteiger partial charge in [-0.1, -0.05) is 6.92 Å². The number of urea groups is 1. The Morgan fingerprint density at radius 2 is 2.23 bits per heavy atom. The number of carbonyl (C=O) groups excluding carboxylic acids is 1. The van der Waals surface area contributed by atoms with Gasteiger partial charge in [-0.15, -0.1) is 11.3 Å². The van der Waals surface area contributed by atoms with Gasteiger partial charge in [0.15, 0.2) is 9.84 Å². The van der Waals surface area contributed by atoms with Gasteiger partial charge < -0.3 is 10.6 Å². The van der Waals surface area contributed by atoms with Gasteiger partial charge >= 0.3 is 6.03 Å². The summed E-state index contributed by atoms with van der Waals surface area (Å²) in [5.74, 6) is 0.472. The van der Waals surface area contributed by atoms with E-state index >= 15 is 0 Å². The molecule has 0 aliphatic carbocycles. The molecule has 1 aliphatic rings. The first kappa shape index (κ1) is 17.3. The zero-order chi connectivity index (χ0) is 16.3. The zero-order valence-corrected chi connectivity index (χ0v) is 14.9. The number of hydrogen-bond acceptors (Lipinski definition) is 4. The highest BCUT2D eigenvalue weighted by atomic mass is 32.2. The standard InChI is InChI=1S/C15H24N2O3S2/c1-4-13-10(2)7-14(21-13)11(3)17-15(18)16-8-12-5-6-22(19,20)9-12/h7,11-12H,4-6,8-9H2,1-3H3,(H2,16,17,18)/t11-,12-/m1/s1. The molecule has 0 bridgehead atoms. The van der Waals surface area contributed by atoms with E-state index in [0.29, 0.717) is 13.0 Å². The minimum absolute atomic E-state index is 0.0433. The molecule has 0 saturated carbocycles. The third kappa shape index (κ3) is 4.46. The van der Waals surface area contributed by atoms with Crippen LogP contribution in [-0.4, -0.2) is 32.5 Å². The Bertz CT molecular complexity index is 637. The zero-order valence-electron chi connectivity index (χ0n) is 13.3. The molecule has 1 aliphatic heterocycles. The molecule has 0 unspecified atom stereocenters. The molecule has 0 spiro atoms. The van der Waals surface area contributed by atoms with E-state index in [1.54, 1.807) is 11.3 Å². The second-order valence-electron chi connectivity index (χ2n) is 5.95. The summed E-state index contributed by atoms with van der Waals surface area (Å²) in [6, 6.07) is 1.84. The Hall–Kier alpha value is -1.08. The lowest BCUT2D eigenvalue weighted by Gasteiger charge is -2.15. The predicted molar refractivity (Wildman–Crippen MR) is 90.1 cm³/mol. The van der Waals surface area contributed by atoms with Crippen LogP contribution in [0.5, 0.6) is 0 Å². The molecular formula is C15H24N2O3S2. The first-order valence-electron chi connectivity index (χ1n) is 7.64. The van der Waals surface area contributed by atoms with Crippen LogP contribution >= 0.6 is 11.3 Å². The Labute approximate surface area is 136 Å². The van der Waals surface area contributed by atoms with Crippen molar-refractivity contribution in [3.63, 3.8) is 0 Å². The summed E-state index contributed by atoms with van der Waals surface area (Å²) in [6.45, 7) is 6.60. The van der Waals surface area contributed by atoms with E-state index in [2.05, 4.69) is 30.5 Å². The average molecular weight is 345 g/mol. The van der Waals surface area contributed by atoms with Crippen LogP contribution in [-0.2, 0) is 16.3 Å². The number of nitrogens with one attached hydrogen (secondary N) is 2. The minimum atomic E-state index is -2.88. The van der Waals surface area contributed by atoms with Crippen LogP contribution < -0.4 is 10.6 Å². The highest BCUT2D eigenvalue weighted by Crippen LogP contribution is 2.27. The monoisotopic (exact) mass is 344 g/mol. The molecule has 1 aromatic heterocycles. The van der Waals surface area contributed by atoms with Gasteiger partial charge in [-0.05, 0) is 44.2 Å². The largest absolute Gasteiger partial charge is 0.338 e. The number of hydrogen-bond donors (Lipinski definition) is 2. The van der Waals surface area contributed by atoms with Gasteiger partial charge in [0.1, 0.15) is 0 Å². The van der Waals surface area contributed by atoms with Crippen LogP contribution in [0.3, 0.4) is 0 Å². The summed E-state index contributed by atoms with van der Waals surface area (Å²) in [5.41, 5.74) is 1.27. The van der Waals surface area contributed by atoms with Crippen molar-refractivity contribution in [2.75, 3.05) is 18.1 Å². The maximum Gasteiger partial charge on any atom is 0.315 e. The lowest BCUT2D eigenvalue weighted by molar-refractivity contribution is 0.236. The average Bonchev–Trinajstić information content (AvgIpc) is 2.99. The number of thiophene rings is 1. The van der Waals surface area contributed by atoms with E-state index in [4.69, 9.17) is 0 Å². The molecule has 2 heterocycles. The van der Waals surface area contributed by atoms with Crippen molar-refractivity contribution in [2.45, 2.75) is 39.7 Å². The quantitative estimate of drug-likeness (QED) is 0.861. The van der Waals surface area contributed by atoms with Gasteiger partial charge in [0.25, 0.3) is 0 Å². The van der Waals surface area contributed by atoms with Crippen molar-refractivity contribution in [1.29, 1.82) is 0 Å². The van der Waals surface area contributed by atoms with Gasteiger partial charge in [-0.25, -0.2) is 13.2 Å². The lowest BCUT2D eigenvalue weighted by Crippen LogP contribution is -2.39. The van der Waals surface area contributed by atoms with E-state index in [1.165, 1.54) is 10.4 Å². The molecule has 2 N–H and O–H groups in total. The molecule has 5 nitrogen and oxygen atoms in total. The minimum Gasteiger partial charge on any atom is -0.338 e. The third-order valence-corrected chi connectivity index (χ3v) is 7.41. The van der Waals surface area contributed by atoms with E-state index in [0.717, 1.165) is 11.3 Å². The summed E-state index contributed by atoms with van der Waals surface area (Å²) >= 11 is 1.73. The van der Waals surface area contributed by atoms with E-state index in [1.807, 2.05) is 6.92 Å². The Morgan fingerprint density at radius 3 is 2.77 bits per heavy atom. The van der Waals surface area contributed by atoms with E-state index < -0.39 is 9.84 Å². The molecule has 7 heteroatoms. The van der Waals surface area contributed by atoms with E-state index in [9.17, 15) is 13.2 Å². The van der Waals surface area contributed by atoms with Gasteiger partial charge in [-0.3, -0.25) is 0 Å². The van der Waals surface area contributed by atoms with Crippen LogP contribution in [0.15, 0.2) is 6.07 Å². The summed E-state index contributed by atoms with van der Waals surface area (Å²) in [5, 5.41) is 5.70. The molecule has 1 saturated heterocycles. The molecule has 2 rings (SSSR count). The maximum atomic E-state index is 11.9. The number of sulfone groups is 1. The third-order valence-electron chi connectivity index (χ3n) is 4.01. The van der Waals surface area contributed by atoms with Gasteiger partial charge in [-0.2, -0.15) is 0 Å². The van der Waals surface area contributed by atoms with Crippen LogP contribution in [0.25, 0.3) is 0 Å². The van der Waals surface area contributed by atoms with Gasteiger partial charge in [0, 0.05) is 16.3 Å². The predicted octanol–water partition coefficient (Wildman–Crippen LogP) is 2.41. The molecule has 124 valence electrons. The van der Waals surface area contributed by atoms with Crippen molar-refractivity contribution in [2.24, 2.45) is 5.92 Å². The van der Waals surface area contributed by atoms with Crippen molar-refractivity contribution in [3.8, 4) is 0 Å². The Kier molecular flexibility index (Phi) is 5.50. The summed E-state index contributed by atoms with van der Waals surface area (Å²) in [4.78, 5) is 14.4. The fraction of sp³-hybridized carbons (Fsp3) is 0.667. The smallest absolute Gasteiger partial charge is 0.315 e. The van der Waals surface area contributed by atoms with Crippen LogP contribution in [0.2, 0.25) is 0 Å². The number of carbonyl (C=O) groups is 1. The van der Waals surface area contributed by atoms with Crippen molar-refractivity contribution < 1.29 is 13.2 Å². The normalized spacial score (nSPS) is 21.5. The Morgan fingerprint density at radius 1 is 1.50 bits per heavy atom. The molecule has 22 heavy (non-hydrogen) atoms. The van der Waals surface area contributed by atoms with Crippen LogP contribution in [0, 0.1) is 12.8 Å². The van der Waals surface area contributed by atoms with Crippen molar-refractivity contribution >= 4 is 27.2 Å². The van der Waals surface area contributed by atoms with Crippen molar-refractivity contribution in [1.82, 2.24) is 10.6 Å². The SMILES string of the molecule is CCc1sc([C@@H](C)NC(=O)NC[C@H]2CCS(=O)(=O)C2)cc1C. The molecule has 1 aromatic rings. The molecule has 2 atom stereocenters. The van der Waals surface area contributed by atoms with Gasteiger partial charge in [0.05, 0.1) is 17.5 Å². The molecule has 0 radical (unpaired) electrons. The second-order valence-corrected chi connectivity index (χ2v) is 9.35. The highest BCUT2D eigenvalue weighted by Gasteiger charge is 2.28. The fourth-order valence-electron chi connectivity index (χ4n) is 2.70. The number of aryl methyl sites for hydroxylation is 2. The van der Waals surface area contributed by atoms with Gasteiger partial charge in [0.2, 0.25) is 0 Å². The van der Waals surface area contributed by atoms with Crippen LogP contribution in [0.1, 0.15) is 41.6 Å². The maximum absolute atomic E-state index is 11.9. The van der Waals surface area contributed by atoms with E-state index in [-0.39, 0.29) is 29.5 Å². The number of rotatable bonds is 5. The summed E-state index contributed by atoms with van der Waals surface area (Å²) in [6.07, 6.45) is 1.65. The second kappa shape index (κ2) is 7.00. The molecular weight excluding hydrogens is 320 g/mol. The molecule has 1 fully saturated rings. The first-order valence-corrected chi connectivity index (χ1v) is 10.3. The molecule has 2 amide bonds.